The summed E-state index contributed by atoms with van der Waals surface area (Å²) < 4.78 is 46.5. The van der Waals surface area contributed by atoms with Gasteiger partial charge in [0.25, 0.3) is 5.91 Å². The van der Waals surface area contributed by atoms with Crippen molar-refractivity contribution in [3.8, 4) is 0 Å². The van der Waals surface area contributed by atoms with Crippen molar-refractivity contribution < 1.29 is 31.9 Å². The quantitative estimate of drug-likeness (QED) is 0.835. The number of nitrogens with one attached hydrogen (secondary N) is 1. The molecular weight excluding hydrogens is 339 g/mol. The minimum atomic E-state index is -4.52. The van der Waals surface area contributed by atoms with Crippen LogP contribution in [0.2, 0.25) is 0 Å². The van der Waals surface area contributed by atoms with Crippen LogP contribution in [0.15, 0.2) is 22.8 Å². The monoisotopic (exact) mass is 357 g/mol. The molecule has 8 heteroatoms. The van der Waals surface area contributed by atoms with E-state index in [1.807, 2.05) is 26.0 Å². The van der Waals surface area contributed by atoms with E-state index in [1.165, 1.54) is 13.2 Å². The predicted octanol–water partition coefficient (Wildman–Crippen LogP) is 3.20. The van der Waals surface area contributed by atoms with Crippen molar-refractivity contribution in [2.24, 2.45) is 0 Å². The van der Waals surface area contributed by atoms with Crippen molar-refractivity contribution >= 4 is 22.8 Å². The molecule has 5 nitrogen and oxygen atoms in total. The molecule has 0 aliphatic rings. The molecule has 2 rings (SSSR count). The Morgan fingerprint density at radius 3 is 2.52 bits per heavy atom. The van der Waals surface area contributed by atoms with Crippen LogP contribution in [-0.4, -0.2) is 30.7 Å². The first-order valence-corrected chi connectivity index (χ1v) is 7.58. The number of hydrogen-bond acceptors (Lipinski definition) is 4. The molecule has 1 aromatic heterocycles. The van der Waals surface area contributed by atoms with Crippen molar-refractivity contribution in [1.29, 1.82) is 0 Å². The van der Waals surface area contributed by atoms with E-state index >= 15 is 0 Å². The number of hydrogen-bond donors (Lipinski definition) is 1. The second kappa shape index (κ2) is 7.16. The molecule has 1 aromatic carbocycles. The van der Waals surface area contributed by atoms with Crippen LogP contribution < -0.4 is 5.32 Å². The Kier molecular flexibility index (Phi) is 5.39. The molecule has 0 fully saturated rings. The third-order valence-electron chi connectivity index (χ3n) is 3.75. The van der Waals surface area contributed by atoms with Gasteiger partial charge in [-0.05, 0) is 44.0 Å². The number of carbonyl (C=O) groups excluding carboxylic acids is 2. The molecule has 0 bridgehead atoms. The van der Waals surface area contributed by atoms with E-state index < -0.39 is 30.7 Å². The van der Waals surface area contributed by atoms with E-state index in [4.69, 9.17) is 9.15 Å². The topological polar surface area (TPSA) is 68.5 Å². The van der Waals surface area contributed by atoms with Gasteiger partial charge in [0.15, 0.2) is 6.10 Å². The molecule has 1 atom stereocenters. The third-order valence-corrected chi connectivity index (χ3v) is 3.75. The molecule has 1 amide bonds. The summed E-state index contributed by atoms with van der Waals surface area (Å²) in [6.07, 6.45) is -4.56. The molecular formula is C17H18F3NO4. The Labute approximate surface area is 142 Å². The van der Waals surface area contributed by atoms with E-state index in [2.05, 4.69) is 0 Å². The highest BCUT2D eigenvalue weighted by Crippen LogP contribution is 2.25. The van der Waals surface area contributed by atoms with Gasteiger partial charge in [0.05, 0.1) is 12.7 Å². The predicted molar refractivity (Wildman–Crippen MR) is 84.0 cm³/mol. The zero-order valence-corrected chi connectivity index (χ0v) is 14.0. The number of carbonyl (C=O) groups is 2. The molecule has 1 N–H and O–H groups in total. The molecule has 0 saturated heterocycles. The number of ether oxygens (including phenoxy) is 1. The van der Waals surface area contributed by atoms with E-state index in [-0.39, 0.29) is 6.42 Å². The first-order valence-electron chi connectivity index (χ1n) is 7.58. The molecule has 0 aliphatic carbocycles. The fourth-order valence-electron chi connectivity index (χ4n) is 2.25. The molecule has 1 heterocycles. The van der Waals surface area contributed by atoms with Crippen LogP contribution in [-0.2, 0) is 20.7 Å². The van der Waals surface area contributed by atoms with Gasteiger partial charge in [-0.3, -0.25) is 9.59 Å². The molecule has 1 unspecified atom stereocenters. The number of rotatable bonds is 5. The van der Waals surface area contributed by atoms with E-state index in [0.29, 0.717) is 11.1 Å². The summed E-state index contributed by atoms with van der Waals surface area (Å²) in [5.74, 6) is -1.73. The summed E-state index contributed by atoms with van der Waals surface area (Å²) in [5.41, 5.74) is 3.29. The Bertz CT molecular complexity index is 795. The third kappa shape index (κ3) is 4.98. The minimum Gasteiger partial charge on any atom is -0.464 e. The van der Waals surface area contributed by atoms with Gasteiger partial charge in [0.2, 0.25) is 0 Å². The molecule has 0 spiro atoms. The van der Waals surface area contributed by atoms with Crippen LogP contribution in [0.3, 0.4) is 0 Å². The maximum atomic E-state index is 12.1. The van der Waals surface area contributed by atoms with Gasteiger partial charge >= 0.3 is 12.1 Å². The number of esters is 1. The molecule has 0 aliphatic heterocycles. The largest absolute Gasteiger partial charge is 0.464 e. The molecule has 0 radical (unpaired) electrons. The number of alkyl halides is 3. The standard InChI is InChI=1S/C17H18F3NO4/c1-9-4-13-12(7-24-14(13)5-10(9)2)6-15(22)25-11(3)16(23)21-8-17(18,19)20/h4-5,7,11H,6,8H2,1-3H3,(H,21,23). The van der Waals surface area contributed by atoms with Crippen LogP contribution in [0.1, 0.15) is 23.6 Å². The van der Waals surface area contributed by atoms with E-state index in [1.54, 1.807) is 5.32 Å². The van der Waals surface area contributed by atoms with Gasteiger partial charge in [0, 0.05) is 10.9 Å². The lowest BCUT2D eigenvalue weighted by Gasteiger charge is -2.14. The Balaban J connectivity index is 1.98. The van der Waals surface area contributed by atoms with Crippen molar-refractivity contribution in [3.63, 3.8) is 0 Å². The normalized spacial score (nSPS) is 12.9. The van der Waals surface area contributed by atoms with Crippen LogP contribution in [0.25, 0.3) is 11.0 Å². The maximum absolute atomic E-state index is 12.1. The first-order chi connectivity index (χ1) is 11.6. The van der Waals surface area contributed by atoms with Crippen LogP contribution >= 0.6 is 0 Å². The molecule has 0 saturated carbocycles. The van der Waals surface area contributed by atoms with Crippen LogP contribution in [0, 0.1) is 13.8 Å². The second-order valence-electron chi connectivity index (χ2n) is 5.84. The average molecular weight is 357 g/mol. The minimum absolute atomic E-state index is 0.146. The number of amides is 1. The van der Waals surface area contributed by atoms with Gasteiger partial charge in [-0.15, -0.1) is 0 Å². The number of fused-ring (bicyclic) bond motifs is 1. The summed E-state index contributed by atoms with van der Waals surface area (Å²) in [7, 11) is 0. The Morgan fingerprint density at radius 1 is 1.24 bits per heavy atom. The lowest BCUT2D eigenvalue weighted by Crippen LogP contribution is -2.40. The van der Waals surface area contributed by atoms with Gasteiger partial charge in [-0.25, -0.2) is 0 Å². The van der Waals surface area contributed by atoms with Crippen LogP contribution in [0.5, 0.6) is 0 Å². The lowest BCUT2D eigenvalue weighted by molar-refractivity contribution is -0.157. The number of furan rings is 1. The highest BCUT2D eigenvalue weighted by molar-refractivity contribution is 5.88. The highest BCUT2D eigenvalue weighted by Gasteiger charge is 2.29. The maximum Gasteiger partial charge on any atom is 0.405 e. The Hall–Kier alpha value is -2.51. The summed E-state index contributed by atoms with van der Waals surface area (Å²) in [4.78, 5) is 23.5. The van der Waals surface area contributed by atoms with Crippen LogP contribution in [0.4, 0.5) is 13.2 Å². The molecule has 2 aromatic rings. The Morgan fingerprint density at radius 2 is 1.88 bits per heavy atom. The van der Waals surface area contributed by atoms with Crippen molar-refractivity contribution in [3.05, 3.63) is 35.1 Å². The number of benzene rings is 1. The van der Waals surface area contributed by atoms with Gasteiger partial charge in [-0.1, -0.05) is 0 Å². The fourth-order valence-corrected chi connectivity index (χ4v) is 2.25. The average Bonchev–Trinajstić information content (AvgIpc) is 2.86. The molecule has 25 heavy (non-hydrogen) atoms. The SMILES string of the molecule is Cc1cc2occ(CC(=O)OC(C)C(=O)NCC(F)(F)F)c2cc1C. The van der Waals surface area contributed by atoms with Gasteiger partial charge < -0.3 is 14.5 Å². The fraction of sp³-hybridized carbons (Fsp3) is 0.412. The smallest absolute Gasteiger partial charge is 0.405 e. The molecule has 136 valence electrons. The highest BCUT2D eigenvalue weighted by atomic mass is 19.4. The zero-order chi connectivity index (χ0) is 18.8. The van der Waals surface area contributed by atoms with Gasteiger partial charge in [-0.2, -0.15) is 13.2 Å². The zero-order valence-electron chi connectivity index (χ0n) is 14.0. The van der Waals surface area contributed by atoms with Crippen molar-refractivity contribution in [1.82, 2.24) is 5.32 Å². The van der Waals surface area contributed by atoms with E-state index in [0.717, 1.165) is 16.5 Å². The number of aryl methyl sites for hydroxylation is 2. The summed E-state index contributed by atoms with van der Waals surface area (Å²) in [5, 5.41) is 2.43. The first kappa shape index (κ1) is 18.8. The summed E-state index contributed by atoms with van der Waals surface area (Å²) >= 11 is 0. The van der Waals surface area contributed by atoms with Crippen molar-refractivity contribution in [2.75, 3.05) is 6.54 Å². The number of halogens is 3. The van der Waals surface area contributed by atoms with Crippen molar-refractivity contribution in [2.45, 2.75) is 39.5 Å². The summed E-state index contributed by atoms with van der Waals surface area (Å²) in [6.45, 7) is 3.60. The summed E-state index contributed by atoms with van der Waals surface area (Å²) in [6, 6.07) is 3.74. The van der Waals surface area contributed by atoms with E-state index in [9.17, 15) is 22.8 Å². The van der Waals surface area contributed by atoms with Gasteiger partial charge in [0.1, 0.15) is 12.1 Å². The lowest BCUT2D eigenvalue weighted by atomic mass is 10.0. The second-order valence-corrected chi connectivity index (χ2v) is 5.84.